The summed E-state index contributed by atoms with van der Waals surface area (Å²) in [5.74, 6) is 0. The number of hydrogen-bond acceptors (Lipinski definition) is 4. The van der Waals surface area contributed by atoms with E-state index in [0.717, 1.165) is 32.8 Å². The highest BCUT2D eigenvalue weighted by Gasteiger charge is 2.11. The highest BCUT2D eigenvalue weighted by atomic mass is 16.5. The molecular weight excluding hydrogens is 202 g/mol. The summed E-state index contributed by atoms with van der Waals surface area (Å²) in [6.07, 6.45) is 1.21. The van der Waals surface area contributed by atoms with Gasteiger partial charge in [0.25, 0.3) is 0 Å². The maximum atomic E-state index is 5.20. The lowest BCUT2D eigenvalue weighted by atomic mass is 10.2. The minimum atomic E-state index is 0.429. The van der Waals surface area contributed by atoms with E-state index in [4.69, 9.17) is 4.74 Å². The summed E-state index contributed by atoms with van der Waals surface area (Å²) in [5.41, 5.74) is 0. The van der Waals surface area contributed by atoms with Gasteiger partial charge in [-0.1, -0.05) is 6.92 Å². The van der Waals surface area contributed by atoms with Gasteiger partial charge in [-0.2, -0.15) is 0 Å². The average molecular weight is 231 g/mol. The third-order valence-corrected chi connectivity index (χ3v) is 2.66. The molecule has 0 rings (SSSR count). The summed E-state index contributed by atoms with van der Waals surface area (Å²) in [6, 6.07) is 0.429. The normalized spacial score (nSPS) is 13.7. The molecule has 0 aliphatic carbocycles. The second-order valence-electron chi connectivity index (χ2n) is 4.54. The smallest absolute Gasteiger partial charge is 0.0628 e. The van der Waals surface area contributed by atoms with Crippen molar-refractivity contribution in [3.63, 3.8) is 0 Å². The maximum absolute atomic E-state index is 5.20. The predicted octanol–water partition coefficient (Wildman–Crippen LogP) is 0.494. The van der Waals surface area contributed by atoms with E-state index in [0.29, 0.717) is 6.04 Å². The van der Waals surface area contributed by atoms with E-state index < -0.39 is 0 Å². The lowest BCUT2D eigenvalue weighted by molar-refractivity contribution is 0.137. The zero-order valence-corrected chi connectivity index (χ0v) is 11.6. The first-order valence-electron chi connectivity index (χ1n) is 6.17. The average Bonchev–Trinajstić information content (AvgIpc) is 2.25. The van der Waals surface area contributed by atoms with E-state index in [9.17, 15) is 0 Å². The molecule has 0 bridgehead atoms. The van der Waals surface area contributed by atoms with Crippen LogP contribution < -0.4 is 5.32 Å². The van der Waals surface area contributed by atoms with Crippen molar-refractivity contribution in [2.45, 2.75) is 19.4 Å². The molecular formula is C12H29N3O. The predicted molar refractivity (Wildman–Crippen MR) is 70.0 cm³/mol. The Bertz CT molecular complexity index is 153. The zero-order valence-electron chi connectivity index (χ0n) is 11.6. The van der Waals surface area contributed by atoms with Crippen LogP contribution >= 0.6 is 0 Å². The minimum absolute atomic E-state index is 0.429. The van der Waals surface area contributed by atoms with Crippen molar-refractivity contribution in [3.05, 3.63) is 0 Å². The molecule has 1 unspecified atom stereocenters. The van der Waals surface area contributed by atoms with Crippen molar-refractivity contribution >= 4 is 0 Å². The van der Waals surface area contributed by atoms with Gasteiger partial charge >= 0.3 is 0 Å². The fourth-order valence-electron chi connectivity index (χ4n) is 1.69. The highest BCUT2D eigenvalue weighted by molar-refractivity contribution is 4.70. The molecule has 4 nitrogen and oxygen atoms in total. The van der Waals surface area contributed by atoms with Crippen LogP contribution in [0, 0.1) is 0 Å². The van der Waals surface area contributed by atoms with Crippen LogP contribution in [0.15, 0.2) is 0 Å². The number of likely N-dealkylation sites (N-methyl/N-ethyl adjacent to an activating group) is 2. The van der Waals surface area contributed by atoms with Gasteiger partial charge in [-0.25, -0.2) is 0 Å². The minimum Gasteiger partial charge on any atom is -0.383 e. The number of ether oxygens (including phenoxy) is 1. The largest absolute Gasteiger partial charge is 0.383 e. The second-order valence-corrected chi connectivity index (χ2v) is 4.54. The van der Waals surface area contributed by atoms with E-state index in [2.05, 4.69) is 36.1 Å². The van der Waals surface area contributed by atoms with E-state index in [1.807, 2.05) is 7.05 Å². The molecule has 0 aromatic carbocycles. The molecule has 0 aliphatic heterocycles. The highest BCUT2D eigenvalue weighted by Crippen LogP contribution is 1.96. The van der Waals surface area contributed by atoms with Crippen molar-refractivity contribution in [2.24, 2.45) is 0 Å². The molecule has 0 radical (unpaired) electrons. The Morgan fingerprint density at radius 1 is 1.19 bits per heavy atom. The van der Waals surface area contributed by atoms with Crippen molar-refractivity contribution in [2.75, 3.05) is 61.0 Å². The molecule has 16 heavy (non-hydrogen) atoms. The van der Waals surface area contributed by atoms with Gasteiger partial charge in [0.15, 0.2) is 0 Å². The topological polar surface area (TPSA) is 27.7 Å². The Labute approximate surface area is 101 Å². The third-order valence-electron chi connectivity index (χ3n) is 2.66. The fourth-order valence-corrected chi connectivity index (χ4v) is 1.69. The van der Waals surface area contributed by atoms with Crippen LogP contribution in [0.25, 0.3) is 0 Å². The first-order chi connectivity index (χ1) is 7.63. The molecule has 0 heterocycles. The van der Waals surface area contributed by atoms with E-state index >= 15 is 0 Å². The van der Waals surface area contributed by atoms with Crippen LogP contribution in [-0.4, -0.2) is 76.9 Å². The Hall–Kier alpha value is -0.160. The van der Waals surface area contributed by atoms with E-state index in [-0.39, 0.29) is 0 Å². The van der Waals surface area contributed by atoms with Gasteiger partial charge in [-0.05, 0) is 34.1 Å². The number of hydrogen-bond donors (Lipinski definition) is 1. The van der Waals surface area contributed by atoms with Crippen molar-refractivity contribution < 1.29 is 4.74 Å². The first kappa shape index (κ1) is 15.8. The molecule has 0 aliphatic rings. The standard InChI is InChI=1S/C12H29N3O/c1-6-7-15(9-8-14(3)4)10-12(13-2)11-16-5/h12-13H,6-11H2,1-5H3. The Balaban J connectivity index is 3.97. The molecule has 1 N–H and O–H groups in total. The zero-order chi connectivity index (χ0) is 12.4. The molecule has 98 valence electrons. The van der Waals surface area contributed by atoms with Crippen molar-refractivity contribution in [3.8, 4) is 0 Å². The van der Waals surface area contributed by atoms with Crippen LogP contribution in [0.4, 0.5) is 0 Å². The molecule has 0 saturated carbocycles. The van der Waals surface area contributed by atoms with Crippen LogP contribution in [0.1, 0.15) is 13.3 Å². The van der Waals surface area contributed by atoms with Crippen LogP contribution in [0.3, 0.4) is 0 Å². The Morgan fingerprint density at radius 3 is 2.31 bits per heavy atom. The lowest BCUT2D eigenvalue weighted by Gasteiger charge is -2.27. The van der Waals surface area contributed by atoms with Gasteiger partial charge in [0.05, 0.1) is 6.61 Å². The van der Waals surface area contributed by atoms with E-state index in [1.54, 1.807) is 7.11 Å². The maximum Gasteiger partial charge on any atom is 0.0628 e. The van der Waals surface area contributed by atoms with Crippen molar-refractivity contribution in [1.29, 1.82) is 0 Å². The number of methoxy groups -OCH3 is 1. The van der Waals surface area contributed by atoms with Crippen LogP contribution in [-0.2, 0) is 4.74 Å². The molecule has 0 saturated heterocycles. The molecule has 0 fully saturated rings. The van der Waals surface area contributed by atoms with Gasteiger partial charge < -0.3 is 19.9 Å². The Kier molecular flexibility index (Phi) is 9.92. The van der Waals surface area contributed by atoms with Crippen LogP contribution in [0.5, 0.6) is 0 Å². The van der Waals surface area contributed by atoms with Crippen molar-refractivity contribution in [1.82, 2.24) is 15.1 Å². The van der Waals surface area contributed by atoms with E-state index in [1.165, 1.54) is 6.42 Å². The molecule has 1 atom stereocenters. The summed E-state index contributed by atoms with van der Waals surface area (Å²) in [7, 11) is 8.00. The monoisotopic (exact) mass is 231 g/mol. The lowest BCUT2D eigenvalue weighted by Crippen LogP contribution is -2.44. The fraction of sp³-hybridized carbons (Fsp3) is 1.00. The summed E-state index contributed by atoms with van der Waals surface area (Å²) >= 11 is 0. The molecule has 0 amide bonds. The van der Waals surface area contributed by atoms with Crippen LogP contribution in [0.2, 0.25) is 0 Å². The third kappa shape index (κ3) is 8.05. The summed E-state index contributed by atoms with van der Waals surface area (Å²) in [5, 5.41) is 3.30. The van der Waals surface area contributed by atoms with Gasteiger partial charge in [0, 0.05) is 32.8 Å². The molecule has 0 spiro atoms. The summed E-state index contributed by atoms with van der Waals surface area (Å²) in [6.45, 7) is 7.47. The number of nitrogens with zero attached hydrogens (tertiary/aromatic N) is 2. The van der Waals surface area contributed by atoms with Gasteiger partial charge in [0.2, 0.25) is 0 Å². The molecule has 4 heteroatoms. The quantitative estimate of drug-likeness (QED) is 0.592. The number of rotatable bonds is 10. The second kappa shape index (κ2) is 10.0. The Morgan fingerprint density at radius 2 is 1.88 bits per heavy atom. The van der Waals surface area contributed by atoms with Gasteiger partial charge in [0.1, 0.15) is 0 Å². The summed E-state index contributed by atoms with van der Waals surface area (Å²) in [4.78, 5) is 4.73. The summed E-state index contributed by atoms with van der Waals surface area (Å²) < 4.78 is 5.20. The number of nitrogens with one attached hydrogen (secondary N) is 1. The van der Waals surface area contributed by atoms with Gasteiger partial charge in [-0.3, -0.25) is 0 Å². The molecule has 0 aromatic rings. The van der Waals surface area contributed by atoms with Gasteiger partial charge in [-0.15, -0.1) is 0 Å². The molecule has 0 aromatic heterocycles. The SMILES string of the molecule is CCCN(CCN(C)C)CC(COC)NC. The first-order valence-corrected chi connectivity index (χ1v) is 6.17.